The summed E-state index contributed by atoms with van der Waals surface area (Å²) < 4.78 is 0. The van der Waals surface area contributed by atoms with Crippen LogP contribution in [-0.2, 0) is 0 Å². The van der Waals surface area contributed by atoms with Gasteiger partial charge in [-0.1, -0.05) is 0 Å². The summed E-state index contributed by atoms with van der Waals surface area (Å²) in [6.07, 6.45) is 5.69. The number of thiocarbonyl (C=S) groups is 1. The average Bonchev–Trinajstić information content (AvgIpc) is 2.39. The Bertz CT molecular complexity index is 444. The van der Waals surface area contributed by atoms with Crippen LogP contribution in [0.5, 0.6) is 0 Å². The Morgan fingerprint density at radius 3 is 2.80 bits per heavy atom. The summed E-state index contributed by atoms with van der Waals surface area (Å²) in [6, 6.07) is 5.02. The summed E-state index contributed by atoms with van der Waals surface area (Å²) in [5.74, 6) is 1.06. The monoisotopic (exact) mass is 292 g/mol. The molecule has 1 fully saturated rings. The molecule has 0 aromatic carbocycles. The van der Waals surface area contributed by atoms with E-state index < -0.39 is 0 Å². The predicted octanol–water partition coefficient (Wildman–Crippen LogP) is 3.16. The highest BCUT2D eigenvalue weighted by Gasteiger charge is 2.19. The number of rotatable bonds is 3. The highest BCUT2D eigenvalue weighted by Crippen LogP contribution is 2.23. The first kappa shape index (κ1) is 15.0. The van der Waals surface area contributed by atoms with Crippen LogP contribution in [0.3, 0.4) is 0 Å². The molecule has 1 saturated heterocycles. The predicted molar refractivity (Wildman–Crippen MR) is 89.4 cm³/mol. The van der Waals surface area contributed by atoms with Gasteiger partial charge in [-0.05, 0) is 64.4 Å². The fourth-order valence-corrected chi connectivity index (χ4v) is 2.85. The number of piperidine rings is 1. The zero-order valence-electron chi connectivity index (χ0n) is 12.5. The van der Waals surface area contributed by atoms with E-state index in [1.165, 1.54) is 19.3 Å². The van der Waals surface area contributed by atoms with Gasteiger partial charge in [0.1, 0.15) is 5.82 Å². The van der Waals surface area contributed by atoms with Gasteiger partial charge in [-0.2, -0.15) is 0 Å². The van der Waals surface area contributed by atoms with Gasteiger partial charge in [0.05, 0.1) is 11.9 Å². The zero-order chi connectivity index (χ0) is 14.5. The molecule has 1 aliphatic heterocycles. The number of aromatic nitrogens is 1. The molecule has 0 radical (unpaired) electrons. The van der Waals surface area contributed by atoms with Crippen LogP contribution in [-0.4, -0.2) is 28.7 Å². The second kappa shape index (κ2) is 6.88. The Balaban J connectivity index is 1.97. The van der Waals surface area contributed by atoms with E-state index in [4.69, 9.17) is 12.2 Å². The molecular weight excluding hydrogens is 268 g/mol. The first-order valence-electron chi connectivity index (χ1n) is 7.36. The summed E-state index contributed by atoms with van der Waals surface area (Å²) >= 11 is 5.23. The zero-order valence-corrected chi connectivity index (χ0v) is 13.3. The molecule has 1 atom stereocenters. The van der Waals surface area contributed by atoms with Crippen molar-refractivity contribution >= 4 is 28.8 Å². The minimum absolute atomic E-state index is 0.330. The molecule has 2 rings (SSSR count). The maximum atomic E-state index is 5.23. The lowest BCUT2D eigenvalue weighted by Crippen LogP contribution is -2.38. The molecule has 5 heteroatoms. The molecule has 0 bridgehead atoms. The van der Waals surface area contributed by atoms with E-state index in [2.05, 4.69) is 47.4 Å². The minimum Gasteiger partial charge on any atom is -0.360 e. The second-order valence-corrected chi connectivity index (χ2v) is 6.10. The first-order valence-corrected chi connectivity index (χ1v) is 7.77. The van der Waals surface area contributed by atoms with Crippen LogP contribution >= 0.6 is 12.2 Å². The standard InChI is InChI=1S/C15H24N4S/c1-11(2)17-15(20)18-13-7-8-14(16-10-13)19-9-5-4-6-12(19)3/h7-8,10-12H,4-6,9H2,1-3H3,(H2,17,18,20). The van der Waals surface area contributed by atoms with Crippen molar-refractivity contribution in [3.05, 3.63) is 18.3 Å². The Morgan fingerprint density at radius 2 is 2.20 bits per heavy atom. The van der Waals surface area contributed by atoms with E-state index in [0.717, 1.165) is 18.1 Å². The molecule has 110 valence electrons. The fraction of sp³-hybridized carbons (Fsp3) is 0.600. The van der Waals surface area contributed by atoms with Crippen LogP contribution in [0.2, 0.25) is 0 Å². The molecule has 0 saturated carbocycles. The summed E-state index contributed by atoms with van der Waals surface area (Å²) in [6.45, 7) is 7.50. The lowest BCUT2D eigenvalue weighted by Gasteiger charge is -2.34. The van der Waals surface area contributed by atoms with Crippen LogP contribution < -0.4 is 15.5 Å². The van der Waals surface area contributed by atoms with E-state index in [1.807, 2.05) is 12.3 Å². The van der Waals surface area contributed by atoms with Crippen LogP contribution in [0, 0.1) is 0 Å². The van der Waals surface area contributed by atoms with E-state index in [-0.39, 0.29) is 0 Å². The van der Waals surface area contributed by atoms with Crippen LogP contribution in [0.25, 0.3) is 0 Å². The minimum atomic E-state index is 0.330. The van der Waals surface area contributed by atoms with Gasteiger partial charge in [-0.15, -0.1) is 0 Å². The fourth-order valence-electron chi connectivity index (χ4n) is 2.50. The molecule has 0 spiro atoms. The molecule has 4 nitrogen and oxygen atoms in total. The molecule has 0 amide bonds. The highest BCUT2D eigenvalue weighted by molar-refractivity contribution is 7.80. The number of anilines is 2. The lowest BCUT2D eigenvalue weighted by molar-refractivity contribution is 0.481. The number of nitrogens with zero attached hydrogens (tertiary/aromatic N) is 2. The Labute approximate surface area is 127 Å². The van der Waals surface area contributed by atoms with Gasteiger partial charge >= 0.3 is 0 Å². The van der Waals surface area contributed by atoms with Gasteiger partial charge in [-0.25, -0.2) is 4.98 Å². The quantitative estimate of drug-likeness (QED) is 0.838. The Kier molecular flexibility index (Phi) is 5.17. The van der Waals surface area contributed by atoms with Crippen molar-refractivity contribution < 1.29 is 0 Å². The third-order valence-corrected chi connectivity index (χ3v) is 3.74. The molecule has 1 unspecified atom stereocenters. The van der Waals surface area contributed by atoms with Crippen molar-refractivity contribution in [2.24, 2.45) is 0 Å². The molecule has 2 heterocycles. The van der Waals surface area contributed by atoms with E-state index in [0.29, 0.717) is 17.2 Å². The van der Waals surface area contributed by atoms with E-state index >= 15 is 0 Å². The lowest BCUT2D eigenvalue weighted by atomic mass is 10.0. The highest BCUT2D eigenvalue weighted by atomic mass is 32.1. The van der Waals surface area contributed by atoms with Crippen LogP contribution in [0.15, 0.2) is 18.3 Å². The Morgan fingerprint density at radius 1 is 1.40 bits per heavy atom. The van der Waals surface area contributed by atoms with Crippen molar-refractivity contribution in [3.8, 4) is 0 Å². The molecule has 20 heavy (non-hydrogen) atoms. The van der Waals surface area contributed by atoms with E-state index in [9.17, 15) is 0 Å². The molecular formula is C15H24N4S. The maximum Gasteiger partial charge on any atom is 0.171 e. The smallest absolute Gasteiger partial charge is 0.171 e. The molecule has 0 aliphatic carbocycles. The summed E-state index contributed by atoms with van der Waals surface area (Å²) in [5.41, 5.74) is 0.927. The van der Waals surface area contributed by atoms with E-state index in [1.54, 1.807) is 0 Å². The van der Waals surface area contributed by atoms with Crippen LogP contribution in [0.1, 0.15) is 40.0 Å². The van der Waals surface area contributed by atoms with Crippen LogP contribution in [0.4, 0.5) is 11.5 Å². The summed E-state index contributed by atoms with van der Waals surface area (Å²) in [4.78, 5) is 6.95. The SMILES string of the molecule is CC(C)NC(=S)Nc1ccc(N2CCCCC2C)nc1. The topological polar surface area (TPSA) is 40.2 Å². The second-order valence-electron chi connectivity index (χ2n) is 5.70. The van der Waals surface area contributed by atoms with Crippen molar-refractivity contribution in [2.75, 3.05) is 16.8 Å². The molecule has 1 aliphatic rings. The van der Waals surface area contributed by atoms with Gasteiger partial charge in [0.15, 0.2) is 5.11 Å². The number of nitrogens with one attached hydrogen (secondary N) is 2. The average molecular weight is 292 g/mol. The van der Waals surface area contributed by atoms with Crippen molar-refractivity contribution in [2.45, 2.75) is 52.1 Å². The normalized spacial score (nSPS) is 19.0. The number of hydrogen-bond donors (Lipinski definition) is 2. The van der Waals surface area contributed by atoms with Crippen molar-refractivity contribution in [3.63, 3.8) is 0 Å². The first-order chi connectivity index (χ1) is 9.56. The molecule has 2 N–H and O–H groups in total. The third-order valence-electron chi connectivity index (χ3n) is 3.52. The van der Waals surface area contributed by atoms with Gasteiger partial charge in [0.25, 0.3) is 0 Å². The van der Waals surface area contributed by atoms with Gasteiger partial charge < -0.3 is 15.5 Å². The molecule has 1 aromatic heterocycles. The summed E-state index contributed by atoms with van der Waals surface area (Å²) in [7, 11) is 0. The van der Waals surface area contributed by atoms with Crippen molar-refractivity contribution in [1.82, 2.24) is 10.3 Å². The largest absolute Gasteiger partial charge is 0.360 e. The van der Waals surface area contributed by atoms with Crippen molar-refractivity contribution in [1.29, 1.82) is 0 Å². The third kappa shape index (κ3) is 4.07. The van der Waals surface area contributed by atoms with Gasteiger partial charge in [0.2, 0.25) is 0 Å². The maximum absolute atomic E-state index is 5.23. The number of hydrogen-bond acceptors (Lipinski definition) is 3. The molecule has 1 aromatic rings. The number of pyridine rings is 1. The van der Waals surface area contributed by atoms with Gasteiger partial charge in [-0.3, -0.25) is 0 Å². The summed E-state index contributed by atoms with van der Waals surface area (Å²) in [5, 5.41) is 6.95. The Hall–Kier alpha value is -1.36. The van der Waals surface area contributed by atoms with Gasteiger partial charge in [0, 0.05) is 18.6 Å².